The number of nitrogen functional groups attached to an aromatic ring is 1. The van der Waals surface area contributed by atoms with Gasteiger partial charge in [0, 0.05) is 31.4 Å². The van der Waals surface area contributed by atoms with Crippen LogP contribution >= 0.6 is 0 Å². The molecular formula is C24H25F2N5O2. The van der Waals surface area contributed by atoms with Crippen molar-refractivity contribution in [2.24, 2.45) is 0 Å². The molecule has 1 aromatic heterocycles. The van der Waals surface area contributed by atoms with Gasteiger partial charge in [-0.25, -0.2) is 18.7 Å². The van der Waals surface area contributed by atoms with Gasteiger partial charge in [-0.15, -0.1) is 0 Å². The summed E-state index contributed by atoms with van der Waals surface area (Å²) in [6.45, 7) is 3.06. The topological polar surface area (TPSA) is 101 Å². The summed E-state index contributed by atoms with van der Waals surface area (Å²) in [6, 6.07) is 12.8. The number of nitrogens with zero attached hydrogens (tertiary/aromatic N) is 3. The maximum atomic E-state index is 13.4. The maximum Gasteiger partial charge on any atom is 0.273 e. The minimum Gasteiger partial charge on any atom is -0.368 e. The minimum absolute atomic E-state index is 0.0183. The van der Waals surface area contributed by atoms with Crippen molar-refractivity contribution in [1.82, 2.24) is 20.2 Å². The third kappa shape index (κ3) is 4.76. The molecule has 1 aliphatic heterocycles. The molecule has 0 radical (unpaired) electrons. The van der Waals surface area contributed by atoms with Crippen LogP contribution in [0.5, 0.6) is 0 Å². The highest BCUT2D eigenvalue weighted by molar-refractivity contribution is 6.05. The molecule has 3 N–H and O–H groups in total. The molecule has 1 aliphatic rings. The lowest BCUT2D eigenvalue weighted by Crippen LogP contribution is -2.29. The van der Waals surface area contributed by atoms with Crippen LogP contribution in [0.4, 0.5) is 14.7 Å². The van der Waals surface area contributed by atoms with Crippen LogP contribution in [-0.2, 0) is 17.9 Å². The van der Waals surface area contributed by atoms with Crippen molar-refractivity contribution < 1.29 is 18.4 Å². The second kappa shape index (κ2) is 9.48. The van der Waals surface area contributed by atoms with Gasteiger partial charge in [-0.2, -0.15) is 0 Å². The van der Waals surface area contributed by atoms with Crippen LogP contribution in [-0.4, -0.2) is 39.7 Å². The SMILES string of the molecule is CCNC(=O)C(CCC(F)F)c1ccc2nc(N)nc(C(=O)N3Cc4ccccc4C3)c2c1. The molecule has 0 aliphatic carbocycles. The molecule has 1 unspecified atom stereocenters. The Morgan fingerprint density at radius 2 is 1.79 bits per heavy atom. The smallest absolute Gasteiger partial charge is 0.273 e. The number of anilines is 1. The molecule has 7 nitrogen and oxygen atoms in total. The van der Waals surface area contributed by atoms with Gasteiger partial charge in [0.1, 0.15) is 5.69 Å². The number of nitrogens with one attached hydrogen (secondary N) is 1. The zero-order chi connectivity index (χ0) is 23.5. The van der Waals surface area contributed by atoms with Gasteiger partial charge in [0.05, 0.1) is 11.4 Å². The van der Waals surface area contributed by atoms with Crippen molar-refractivity contribution in [3.05, 3.63) is 64.8 Å². The van der Waals surface area contributed by atoms with Gasteiger partial charge in [-0.3, -0.25) is 9.59 Å². The zero-order valence-electron chi connectivity index (χ0n) is 18.2. The summed E-state index contributed by atoms with van der Waals surface area (Å²) in [5.41, 5.74) is 9.13. The van der Waals surface area contributed by atoms with Gasteiger partial charge in [-0.05, 0) is 42.2 Å². The fourth-order valence-corrected chi connectivity index (χ4v) is 4.21. The Morgan fingerprint density at radius 1 is 1.09 bits per heavy atom. The monoisotopic (exact) mass is 453 g/mol. The van der Waals surface area contributed by atoms with Crippen LogP contribution in [0.25, 0.3) is 10.9 Å². The summed E-state index contributed by atoms with van der Waals surface area (Å²) in [4.78, 5) is 36.1. The van der Waals surface area contributed by atoms with Gasteiger partial charge in [0.25, 0.3) is 5.91 Å². The molecule has 172 valence electrons. The highest BCUT2D eigenvalue weighted by atomic mass is 19.3. The molecule has 0 spiro atoms. The molecule has 0 bridgehead atoms. The van der Waals surface area contributed by atoms with Crippen molar-refractivity contribution in [1.29, 1.82) is 0 Å². The predicted octanol–water partition coefficient (Wildman–Crippen LogP) is 3.63. The van der Waals surface area contributed by atoms with Crippen LogP contribution in [0.1, 0.15) is 52.9 Å². The van der Waals surface area contributed by atoms with Crippen LogP contribution in [0.2, 0.25) is 0 Å². The number of hydrogen-bond acceptors (Lipinski definition) is 5. The van der Waals surface area contributed by atoms with Crippen molar-refractivity contribution in [2.75, 3.05) is 12.3 Å². The maximum absolute atomic E-state index is 13.4. The number of hydrogen-bond donors (Lipinski definition) is 2. The Morgan fingerprint density at radius 3 is 2.42 bits per heavy atom. The molecule has 1 atom stereocenters. The quantitative estimate of drug-likeness (QED) is 0.569. The van der Waals surface area contributed by atoms with E-state index in [4.69, 9.17) is 5.73 Å². The Hall–Kier alpha value is -3.62. The number of fused-ring (bicyclic) bond motifs is 2. The Labute approximate surface area is 190 Å². The highest BCUT2D eigenvalue weighted by Gasteiger charge is 2.28. The Kier molecular flexibility index (Phi) is 6.48. The van der Waals surface area contributed by atoms with Crippen molar-refractivity contribution in [3.63, 3.8) is 0 Å². The van der Waals surface area contributed by atoms with Crippen LogP contribution in [0, 0.1) is 0 Å². The average molecular weight is 453 g/mol. The molecule has 4 rings (SSSR count). The number of likely N-dealkylation sites (N-methyl/N-ethyl adjacent to an activating group) is 1. The fourth-order valence-electron chi connectivity index (χ4n) is 4.21. The predicted molar refractivity (Wildman–Crippen MR) is 121 cm³/mol. The number of carbonyl (C=O) groups excluding carboxylic acids is 2. The first-order valence-corrected chi connectivity index (χ1v) is 10.9. The van der Waals surface area contributed by atoms with Crippen molar-refractivity contribution in [2.45, 2.75) is 45.2 Å². The summed E-state index contributed by atoms with van der Waals surface area (Å²) in [5.74, 6) is -1.45. The van der Waals surface area contributed by atoms with E-state index in [1.54, 1.807) is 30.0 Å². The third-order valence-corrected chi connectivity index (χ3v) is 5.81. The first kappa shape index (κ1) is 22.6. The van der Waals surface area contributed by atoms with Gasteiger partial charge in [-0.1, -0.05) is 30.3 Å². The third-order valence-electron chi connectivity index (χ3n) is 5.81. The number of aromatic nitrogens is 2. The lowest BCUT2D eigenvalue weighted by atomic mass is 9.92. The number of carbonyl (C=O) groups is 2. The van der Waals surface area contributed by atoms with E-state index in [9.17, 15) is 18.4 Å². The number of alkyl halides is 2. The lowest BCUT2D eigenvalue weighted by molar-refractivity contribution is -0.122. The van der Waals surface area contributed by atoms with Crippen LogP contribution in [0.3, 0.4) is 0 Å². The largest absolute Gasteiger partial charge is 0.368 e. The molecule has 0 fully saturated rings. The number of rotatable bonds is 7. The Bertz CT molecular complexity index is 1180. The Balaban J connectivity index is 1.72. The molecule has 3 aromatic rings. The summed E-state index contributed by atoms with van der Waals surface area (Å²) in [6.07, 6.45) is -2.94. The standard InChI is InChI=1S/C24H25F2N5O2/c1-2-28-22(32)17(8-10-20(25)26)14-7-9-19-18(11-14)21(30-24(27)29-19)23(33)31-12-15-5-3-4-6-16(15)13-31/h3-7,9,11,17,20H,2,8,10,12-13H2,1H3,(H,28,32)(H2,27,29,30). The summed E-state index contributed by atoms with van der Waals surface area (Å²) >= 11 is 0. The molecular weight excluding hydrogens is 428 g/mol. The molecule has 2 heterocycles. The normalized spacial score (nSPS) is 13.9. The van der Waals surface area contributed by atoms with E-state index < -0.39 is 18.8 Å². The lowest BCUT2D eigenvalue weighted by Gasteiger charge is -2.19. The molecule has 2 aromatic carbocycles. The molecule has 2 amide bonds. The number of amides is 2. The number of nitrogens with two attached hydrogens (primary N) is 1. The van der Waals surface area contributed by atoms with Gasteiger partial charge < -0.3 is 16.0 Å². The summed E-state index contributed by atoms with van der Waals surface area (Å²) in [5, 5.41) is 3.15. The first-order valence-electron chi connectivity index (χ1n) is 10.9. The van der Waals surface area contributed by atoms with Crippen LogP contribution in [0.15, 0.2) is 42.5 Å². The van der Waals surface area contributed by atoms with E-state index in [2.05, 4.69) is 15.3 Å². The van der Waals surface area contributed by atoms with Crippen molar-refractivity contribution in [3.8, 4) is 0 Å². The molecule has 0 saturated heterocycles. The molecule has 0 saturated carbocycles. The van der Waals surface area contributed by atoms with Gasteiger partial charge in [0.2, 0.25) is 18.3 Å². The number of halogens is 2. The van der Waals surface area contributed by atoms with E-state index in [1.165, 1.54) is 0 Å². The molecule has 33 heavy (non-hydrogen) atoms. The van der Waals surface area contributed by atoms with Gasteiger partial charge in [0.15, 0.2) is 0 Å². The second-order valence-electron chi connectivity index (χ2n) is 8.05. The number of benzene rings is 2. The van der Waals surface area contributed by atoms with E-state index in [0.717, 1.165) is 11.1 Å². The van der Waals surface area contributed by atoms with Gasteiger partial charge >= 0.3 is 0 Å². The highest BCUT2D eigenvalue weighted by Crippen LogP contribution is 2.30. The zero-order valence-corrected chi connectivity index (χ0v) is 18.2. The van der Waals surface area contributed by atoms with Crippen LogP contribution < -0.4 is 11.1 Å². The summed E-state index contributed by atoms with van der Waals surface area (Å²) in [7, 11) is 0. The average Bonchev–Trinajstić information content (AvgIpc) is 3.22. The van der Waals surface area contributed by atoms with Crippen molar-refractivity contribution >= 4 is 28.7 Å². The van der Waals surface area contributed by atoms with E-state index >= 15 is 0 Å². The molecule has 9 heteroatoms. The fraction of sp³-hybridized carbons (Fsp3) is 0.333. The minimum atomic E-state index is -2.51. The second-order valence-corrected chi connectivity index (χ2v) is 8.05. The van der Waals surface area contributed by atoms with E-state index in [0.29, 0.717) is 36.1 Å². The van der Waals surface area contributed by atoms with E-state index in [-0.39, 0.29) is 29.9 Å². The first-order chi connectivity index (χ1) is 15.9. The van der Waals surface area contributed by atoms with E-state index in [1.807, 2.05) is 24.3 Å². The summed E-state index contributed by atoms with van der Waals surface area (Å²) < 4.78 is 25.8.